The fourth-order valence-electron chi connectivity index (χ4n) is 1.55. The first-order valence-electron chi connectivity index (χ1n) is 4.19. The van der Waals surface area contributed by atoms with Gasteiger partial charge in [0, 0.05) is 24.9 Å². The molecular weight excluding hydrogens is 148 g/mol. The minimum Gasteiger partial charge on any atom is -0.272 e. The molecule has 0 N–H and O–H groups in total. The van der Waals surface area contributed by atoms with Gasteiger partial charge < -0.3 is 0 Å². The van der Waals surface area contributed by atoms with Gasteiger partial charge in [0.15, 0.2) is 0 Å². The van der Waals surface area contributed by atoms with E-state index in [1.165, 1.54) is 5.69 Å². The van der Waals surface area contributed by atoms with E-state index in [-0.39, 0.29) is 0 Å². The van der Waals surface area contributed by atoms with Crippen molar-refractivity contribution in [2.45, 2.75) is 12.3 Å². The molecule has 2 rings (SSSR count). The van der Waals surface area contributed by atoms with E-state index >= 15 is 0 Å². The Labute approximate surface area is 72.2 Å². The molecule has 1 aliphatic carbocycles. The van der Waals surface area contributed by atoms with Gasteiger partial charge in [-0.15, -0.1) is 0 Å². The van der Waals surface area contributed by atoms with Crippen LogP contribution in [0.5, 0.6) is 0 Å². The highest BCUT2D eigenvalue weighted by Crippen LogP contribution is 2.23. The van der Waals surface area contributed by atoms with Gasteiger partial charge in [0.2, 0.25) is 0 Å². The highest BCUT2D eigenvalue weighted by atomic mass is 15.3. The number of hydrogen-bond acceptors (Lipinski definition) is 1. The van der Waals surface area contributed by atoms with Crippen LogP contribution in [0.15, 0.2) is 36.6 Å². The molecule has 2 heteroatoms. The molecule has 0 fully saturated rings. The molecule has 1 aromatic rings. The highest BCUT2D eigenvalue weighted by Gasteiger charge is 2.10. The normalized spacial score (nSPS) is 21.6. The van der Waals surface area contributed by atoms with Crippen molar-refractivity contribution in [3.05, 3.63) is 42.3 Å². The molecule has 0 aromatic carbocycles. The van der Waals surface area contributed by atoms with Crippen LogP contribution in [0.2, 0.25) is 0 Å². The maximum Gasteiger partial charge on any atom is 0.0492 e. The summed E-state index contributed by atoms with van der Waals surface area (Å²) in [5.74, 6) is 0.516. The van der Waals surface area contributed by atoms with Crippen LogP contribution in [0.4, 0.5) is 0 Å². The van der Waals surface area contributed by atoms with Crippen molar-refractivity contribution in [1.29, 1.82) is 0 Å². The molecule has 1 atom stereocenters. The topological polar surface area (TPSA) is 17.8 Å². The van der Waals surface area contributed by atoms with Crippen molar-refractivity contribution in [3.8, 4) is 0 Å². The Morgan fingerprint density at radius 3 is 3.00 bits per heavy atom. The minimum atomic E-state index is 0.516. The number of nitrogens with zero attached hydrogens (tertiary/aromatic N) is 2. The van der Waals surface area contributed by atoms with E-state index in [2.05, 4.69) is 35.5 Å². The van der Waals surface area contributed by atoms with Gasteiger partial charge in [-0.25, -0.2) is 0 Å². The lowest BCUT2D eigenvalue weighted by Crippen LogP contribution is -2.04. The van der Waals surface area contributed by atoms with Gasteiger partial charge in [-0.05, 0) is 12.5 Å². The van der Waals surface area contributed by atoms with Crippen molar-refractivity contribution in [1.82, 2.24) is 9.78 Å². The van der Waals surface area contributed by atoms with Crippen LogP contribution in [-0.2, 0) is 7.05 Å². The Balaban J connectivity index is 2.26. The molecule has 1 aromatic heterocycles. The summed E-state index contributed by atoms with van der Waals surface area (Å²) in [5, 5.41) is 4.15. The third-order valence-electron chi connectivity index (χ3n) is 2.22. The molecule has 1 aliphatic rings. The van der Waals surface area contributed by atoms with E-state index in [9.17, 15) is 0 Å². The van der Waals surface area contributed by atoms with E-state index in [1.807, 2.05) is 17.9 Å². The molecule has 0 spiro atoms. The van der Waals surface area contributed by atoms with Crippen LogP contribution in [0, 0.1) is 0 Å². The summed E-state index contributed by atoms with van der Waals surface area (Å²) in [5.41, 5.74) is 1.29. The van der Waals surface area contributed by atoms with E-state index in [0.717, 1.165) is 6.42 Å². The molecule has 0 amide bonds. The third-order valence-corrected chi connectivity index (χ3v) is 2.22. The van der Waals surface area contributed by atoms with E-state index in [0.29, 0.717) is 5.92 Å². The van der Waals surface area contributed by atoms with Gasteiger partial charge in [-0.3, -0.25) is 4.68 Å². The van der Waals surface area contributed by atoms with Gasteiger partial charge in [0.1, 0.15) is 0 Å². The van der Waals surface area contributed by atoms with Crippen LogP contribution in [0.3, 0.4) is 0 Å². The molecule has 62 valence electrons. The lowest BCUT2D eigenvalue weighted by molar-refractivity contribution is 0.671. The second-order valence-electron chi connectivity index (χ2n) is 3.03. The first kappa shape index (κ1) is 7.35. The molecule has 0 saturated heterocycles. The third kappa shape index (κ3) is 1.20. The highest BCUT2D eigenvalue weighted by molar-refractivity contribution is 5.22. The maximum absolute atomic E-state index is 4.15. The summed E-state index contributed by atoms with van der Waals surface area (Å²) < 4.78 is 1.94. The van der Waals surface area contributed by atoms with Gasteiger partial charge in [-0.1, -0.05) is 24.3 Å². The second kappa shape index (κ2) is 2.97. The van der Waals surface area contributed by atoms with Gasteiger partial charge in [-0.2, -0.15) is 5.10 Å². The molecule has 0 bridgehead atoms. The summed E-state index contributed by atoms with van der Waals surface area (Å²) in [6.45, 7) is 0. The Morgan fingerprint density at radius 2 is 2.42 bits per heavy atom. The van der Waals surface area contributed by atoms with Gasteiger partial charge >= 0.3 is 0 Å². The molecule has 1 unspecified atom stereocenters. The Bertz CT molecular complexity index is 320. The van der Waals surface area contributed by atoms with Crippen LogP contribution >= 0.6 is 0 Å². The van der Waals surface area contributed by atoms with Crippen molar-refractivity contribution in [2.75, 3.05) is 0 Å². The predicted octanol–water partition coefficient (Wildman–Crippen LogP) is 2.02. The molecular formula is C10H12N2. The van der Waals surface area contributed by atoms with E-state index < -0.39 is 0 Å². The van der Waals surface area contributed by atoms with Crippen LogP contribution < -0.4 is 0 Å². The lowest BCUT2D eigenvalue weighted by atomic mass is 9.97. The average molecular weight is 160 g/mol. The van der Waals surface area contributed by atoms with Crippen molar-refractivity contribution < 1.29 is 0 Å². The van der Waals surface area contributed by atoms with Gasteiger partial charge in [0.25, 0.3) is 0 Å². The molecule has 0 saturated carbocycles. The fraction of sp³-hybridized carbons (Fsp3) is 0.300. The number of allylic oxidation sites excluding steroid dienone is 4. The lowest BCUT2D eigenvalue weighted by Gasteiger charge is -2.12. The zero-order valence-corrected chi connectivity index (χ0v) is 7.14. The predicted molar refractivity (Wildman–Crippen MR) is 48.8 cm³/mol. The number of aryl methyl sites for hydroxylation is 1. The quantitative estimate of drug-likeness (QED) is 0.614. The number of hydrogen-bond donors (Lipinski definition) is 0. The summed E-state index contributed by atoms with van der Waals surface area (Å²) in [7, 11) is 1.99. The average Bonchev–Trinajstić information content (AvgIpc) is 2.53. The monoisotopic (exact) mass is 160 g/mol. The molecule has 0 aliphatic heterocycles. The molecule has 2 nitrogen and oxygen atoms in total. The Morgan fingerprint density at radius 1 is 1.50 bits per heavy atom. The van der Waals surface area contributed by atoms with Crippen molar-refractivity contribution in [3.63, 3.8) is 0 Å². The van der Waals surface area contributed by atoms with Crippen molar-refractivity contribution >= 4 is 0 Å². The zero-order valence-electron chi connectivity index (χ0n) is 7.14. The summed E-state index contributed by atoms with van der Waals surface area (Å²) in [6.07, 6.45) is 11.5. The Kier molecular flexibility index (Phi) is 1.82. The summed E-state index contributed by atoms with van der Waals surface area (Å²) >= 11 is 0. The Hall–Kier alpha value is -1.31. The SMILES string of the molecule is Cn1nccc1C1C=CC=CC1. The van der Waals surface area contributed by atoms with Gasteiger partial charge in [0.05, 0.1) is 0 Å². The van der Waals surface area contributed by atoms with Crippen LogP contribution in [-0.4, -0.2) is 9.78 Å². The number of aromatic nitrogens is 2. The van der Waals surface area contributed by atoms with E-state index in [4.69, 9.17) is 0 Å². The zero-order chi connectivity index (χ0) is 8.39. The first-order valence-corrected chi connectivity index (χ1v) is 4.19. The summed E-state index contributed by atoms with van der Waals surface area (Å²) in [4.78, 5) is 0. The largest absolute Gasteiger partial charge is 0.272 e. The molecule has 12 heavy (non-hydrogen) atoms. The first-order chi connectivity index (χ1) is 5.88. The van der Waals surface area contributed by atoms with Crippen LogP contribution in [0.25, 0.3) is 0 Å². The minimum absolute atomic E-state index is 0.516. The smallest absolute Gasteiger partial charge is 0.0492 e. The van der Waals surface area contributed by atoms with E-state index in [1.54, 1.807) is 0 Å². The standard InChI is InChI=1S/C10H12N2/c1-12-10(7-8-11-12)9-5-3-2-4-6-9/h2-5,7-9H,6H2,1H3. The molecule has 1 heterocycles. The summed E-state index contributed by atoms with van der Waals surface area (Å²) in [6, 6.07) is 2.08. The molecule has 0 radical (unpaired) electrons. The second-order valence-corrected chi connectivity index (χ2v) is 3.03. The van der Waals surface area contributed by atoms with Crippen molar-refractivity contribution in [2.24, 2.45) is 7.05 Å². The number of rotatable bonds is 1. The van der Waals surface area contributed by atoms with Crippen LogP contribution in [0.1, 0.15) is 18.0 Å². The maximum atomic E-state index is 4.15. The fourth-order valence-corrected chi connectivity index (χ4v) is 1.55.